The first kappa shape index (κ1) is 25.6. The monoisotopic (exact) mass is 459 g/mol. The molecule has 0 saturated carbocycles. The van der Waals surface area contributed by atoms with E-state index in [0.717, 1.165) is 13.1 Å². The molecular formula is C25H41N5O3. The summed E-state index contributed by atoms with van der Waals surface area (Å²) in [4.78, 5) is 29.0. The number of amides is 2. The lowest BCUT2D eigenvalue weighted by Gasteiger charge is -2.43. The average Bonchev–Trinajstić information content (AvgIpc) is 2.79. The molecule has 3 rings (SSSR count). The lowest BCUT2D eigenvalue weighted by atomic mass is 9.89. The van der Waals surface area contributed by atoms with E-state index in [1.165, 1.54) is 5.56 Å². The van der Waals surface area contributed by atoms with Gasteiger partial charge in [0.2, 0.25) is 11.8 Å². The molecule has 2 fully saturated rings. The number of piperidine rings is 1. The Bertz CT molecular complexity index is 765. The molecule has 1 aromatic carbocycles. The number of hydrogen-bond acceptors (Lipinski definition) is 6. The lowest BCUT2D eigenvalue weighted by Crippen LogP contribution is -2.61. The highest BCUT2D eigenvalue weighted by atomic mass is 16.3. The van der Waals surface area contributed by atoms with Gasteiger partial charge in [-0.15, -0.1) is 0 Å². The van der Waals surface area contributed by atoms with Crippen molar-refractivity contribution in [1.29, 1.82) is 0 Å². The van der Waals surface area contributed by atoms with Crippen LogP contribution in [0.5, 0.6) is 0 Å². The van der Waals surface area contributed by atoms with Crippen LogP contribution in [0.1, 0.15) is 57.9 Å². The van der Waals surface area contributed by atoms with Crippen LogP contribution >= 0.6 is 0 Å². The number of benzene rings is 1. The summed E-state index contributed by atoms with van der Waals surface area (Å²) in [6, 6.07) is 10.5. The molecule has 184 valence electrons. The standard InChI is InChI=1S/C25H41N5O3/c1-19(2)26-11-12-27-22-16-24(32)30(18-28-22)17-25(33)9-13-29(14-10-25)23(31)15-20(3)21-7-5-4-6-8-21/h4-8,19-20,22,26-28,33H,9-18H2,1-3H3/t20-,22?/m1/s1. The predicted molar refractivity (Wildman–Crippen MR) is 129 cm³/mol. The number of nitrogens with zero attached hydrogens (tertiary/aromatic N) is 2. The quantitative estimate of drug-likeness (QED) is 0.393. The van der Waals surface area contributed by atoms with Gasteiger partial charge in [0, 0.05) is 38.6 Å². The summed E-state index contributed by atoms with van der Waals surface area (Å²) in [5, 5.41) is 21.2. The molecule has 2 heterocycles. The van der Waals surface area contributed by atoms with E-state index >= 15 is 0 Å². The fourth-order valence-electron chi connectivity index (χ4n) is 4.56. The van der Waals surface area contributed by atoms with Crippen molar-refractivity contribution in [3.05, 3.63) is 35.9 Å². The average molecular weight is 460 g/mol. The first-order chi connectivity index (χ1) is 15.8. The second kappa shape index (κ2) is 11.9. The maximum atomic E-state index is 12.8. The summed E-state index contributed by atoms with van der Waals surface area (Å²) in [6.45, 7) is 9.72. The van der Waals surface area contributed by atoms with E-state index in [1.807, 2.05) is 23.1 Å². The first-order valence-corrected chi connectivity index (χ1v) is 12.3. The van der Waals surface area contributed by atoms with Gasteiger partial charge in [-0.25, -0.2) is 0 Å². The van der Waals surface area contributed by atoms with E-state index in [0.29, 0.717) is 58.0 Å². The Labute approximate surface area is 198 Å². The van der Waals surface area contributed by atoms with E-state index in [2.05, 4.69) is 48.9 Å². The Morgan fingerprint density at radius 1 is 1.18 bits per heavy atom. The summed E-state index contributed by atoms with van der Waals surface area (Å²) in [7, 11) is 0. The highest BCUT2D eigenvalue weighted by Crippen LogP contribution is 2.26. The van der Waals surface area contributed by atoms with Crippen LogP contribution in [0.25, 0.3) is 0 Å². The third-order valence-corrected chi connectivity index (χ3v) is 6.71. The third kappa shape index (κ3) is 7.78. The molecule has 33 heavy (non-hydrogen) atoms. The Morgan fingerprint density at radius 3 is 2.52 bits per heavy atom. The molecule has 0 bridgehead atoms. The van der Waals surface area contributed by atoms with Crippen LogP contribution in [-0.2, 0) is 9.59 Å². The number of β-amino-alcohol motifs (C(OH)–C–C–N with tert-alkyl or cyclic N) is 1. The topological polar surface area (TPSA) is 96.9 Å². The fraction of sp³-hybridized carbons (Fsp3) is 0.680. The van der Waals surface area contributed by atoms with Gasteiger partial charge in [0.05, 0.1) is 31.4 Å². The Kier molecular flexibility index (Phi) is 9.26. The molecule has 0 radical (unpaired) electrons. The molecule has 0 aromatic heterocycles. The van der Waals surface area contributed by atoms with Gasteiger partial charge in [-0.05, 0) is 24.3 Å². The van der Waals surface area contributed by atoms with E-state index < -0.39 is 5.60 Å². The van der Waals surface area contributed by atoms with Crippen LogP contribution in [0.3, 0.4) is 0 Å². The van der Waals surface area contributed by atoms with Crippen LogP contribution in [0.15, 0.2) is 30.3 Å². The lowest BCUT2D eigenvalue weighted by molar-refractivity contribution is -0.144. The van der Waals surface area contributed by atoms with Gasteiger partial charge in [0.1, 0.15) is 0 Å². The smallest absolute Gasteiger partial charge is 0.226 e. The van der Waals surface area contributed by atoms with Gasteiger partial charge in [-0.1, -0.05) is 51.1 Å². The highest BCUT2D eigenvalue weighted by molar-refractivity contribution is 5.78. The minimum absolute atomic E-state index is 0.0385. The summed E-state index contributed by atoms with van der Waals surface area (Å²) in [5.41, 5.74) is 0.222. The molecule has 1 aromatic rings. The van der Waals surface area contributed by atoms with Gasteiger partial charge in [-0.3, -0.25) is 14.9 Å². The van der Waals surface area contributed by atoms with Crippen LogP contribution in [0.4, 0.5) is 0 Å². The third-order valence-electron chi connectivity index (χ3n) is 6.71. The molecule has 8 nitrogen and oxygen atoms in total. The van der Waals surface area contributed by atoms with Crippen molar-refractivity contribution in [1.82, 2.24) is 25.8 Å². The molecule has 2 atom stereocenters. The zero-order chi connectivity index (χ0) is 23.8. The second-order valence-corrected chi connectivity index (χ2v) is 9.89. The number of nitrogens with one attached hydrogen (secondary N) is 3. The number of hydrogen-bond donors (Lipinski definition) is 4. The zero-order valence-electron chi connectivity index (χ0n) is 20.3. The van der Waals surface area contributed by atoms with Gasteiger partial charge in [0.15, 0.2) is 0 Å². The van der Waals surface area contributed by atoms with E-state index in [4.69, 9.17) is 0 Å². The number of rotatable bonds is 10. The van der Waals surface area contributed by atoms with Gasteiger partial charge < -0.3 is 25.5 Å². The molecule has 2 aliphatic rings. The van der Waals surface area contributed by atoms with Crippen molar-refractivity contribution < 1.29 is 14.7 Å². The molecule has 0 aliphatic carbocycles. The fourth-order valence-corrected chi connectivity index (χ4v) is 4.56. The number of carbonyl (C=O) groups is 2. The maximum Gasteiger partial charge on any atom is 0.226 e. The zero-order valence-corrected chi connectivity index (χ0v) is 20.3. The predicted octanol–water partition coefficient (Wildman–Crippen LogP) is 1.23. The molecule has 4 N–H and O–H groups in total. The summed E-state index contributed by atoms with van der Waals surface area (Å²) >= 11 is 0. The molecule has 2 amide bonds. The number of aliphatic hydroxyl groups is 1. The van der Waals surface area contributed by atoms with Crippen molar-refractivity contribution in [2.45, 2.75) is 70.2 Å². The van der Waals surface area contributed by atoms with Crippen LogP contribution in [0.2, 0.25) is 0 Å². The van der Waals surface area contributed by atoms with E-state index in [-0.39, 0.29) is 23.9 Å². The van der Waals surface area contributed by atoms with Crippen molar-refractivity contribution in [3.8, 4) is 0 Å². The summed E-state index contributed by atoms with van der Waals surface area (Å²) in [6.07, 6.45) is 1.79. The molecule has 0 spiro atoms. The van der Waals surface area contributed by atoms with Crippen molar-refractivity contribution in [3.63, 3.8) is 0 Å². The van der Waals surface area contributed by atoms with E-state index in [9.17, 15) is 14.7 Å². The number of likely N-dealkylation sites (tertiary alicyclic amines) is 1. The van der Waals surface area contributed by atoms with Crippen molar-refractivity contribution >= 4 is 11.8 Å². The van der Waals surface area contributed by atoms with Crippen molar-refractivity contribution in [2.24, 2.45) is 0 Å². The molecule has 8 heteroatoms. The van der Waals surface area contributed by atoms with Crippen LogP contribution < -0.4 is 16.0 Å². The maximum absolute atomic E-state index is 12.8. The second-order valence-electron chi connectivity index (χ2n) is 9.89. The largest absolute Gasteiger partial charge is 0.388 e. The van der Waals surface area contributed by atoms with Crippen LogP contribution in [0, 0.1) is 0 Å². The minimum Gasteiger partial charge on any atom is -0.388 e. The highest BCUT2D eigenvalue weighted by Gasteiger charge is 2.38. The van der Waals surface area contributed by atoms with Crippen molar-refractivity contribution in [2.75, 3.05) is 39.4 Å². The molecule has 1 unspecified atom stereocenters. The van der Waals surface area contributed by atoms with Gasteiger partial charge in [-0.2, -0.15) is 0 Å². The van der Waals surface area contributed by atoms with Gasteiger partial charge in [0.25, 0.3) is 0 Å². The Morgan fingerprint density at radius 2 is 1.88 bits per heavy atom. The molecular weight excluding hydrogens is 418 g/mol. The normalized spacial score (nSPS) is 22.0. The minimum atomic E-state index is -0.944. The first-order valence-electron chi connectivity index (χ1n) is 12.3. The number of carbonyl (C=O) groups excluding carboxylic acids is 2. The summed E-state index contributed by atoms with van der Waals surface area (Å²) < 4.78 is 0. The van der Waals surface area contributed by atoms with Crippen LogP contribution in [-0.4, -0.2) is 83.9 Å². The Hall–Kier alpha value is -2.00. The van der Waals surface area contributed by atoms with Gasteiger partial charge >= 0.3 is 0 Å². The molecule has 2 aliphatic heterocycles. The summed E-state index contributed by atoms with van der Waals surface area (Å²) in [5.74, 6) is 0.343. The Balaban J connectivity index is 1.40. The SMILES string of the molecule is CC(C)NCCNC1CC(=O)N(CC2(O)CCN(C(=O)C[C@@H](C)c3ccccc3)CC2)CN1. The molecule has 2 saturated heterocycles. The van der Waals surface area contributed by atoms with E-state index in [1.54, 1.807) is 4.90 Å².